The molecule has 1 saturated carbocycles. The highest BCUT2D eigenvalue weighted by Crippen LogP contribution is 2.38. The minimum Gasteiger partial charge on any atom is -0.508 e. The van der Waals surface area contributed by atoms with E-state index >= 15 is 0 Å². The number of hydrogen-bond donors (Lipinski definition) is 2. The number of aliphatic hydroxyl groups is 1. The number of carbonyl (C=O) groups excluding carboxylic acids is 2. The van der Waals surface area contributed by atoms with E-state index in [9.17, 15) is 19.8 Å². The fraction of sp³-hybridized carbons (Fsp3) is 0.300. The van der Waals surface area contributed by atoms with E-state index < -0.39 is 5.60 Å². The summed E-state index contributed by atoms with van der Waals surface area (Å²) in [6.45, 7) is 0. The quantitative estimate of drug-likeness (QED) is 0.711. The van der Waals surface area contributed by atoms with Gasteiger partial charge in [-0.05, 0) is 37.3 Å². The molecule has 1 fully saturated rings. The Morgan fingerprint density at radius 1 is 0.958 bits per heavy atom. The van der Waals surface area contributed by atoms with Gasteiger partial charge in [-0.15, -0.1) is 0 Å². The first-order valence-corrected chi connectivity index (χ1v) is 8.26. The summed E-state index contributed by atoms with van der Waals surface area (Å²) in [5, 5.41) is 20.8. The number of fused-ring (bicyclic) bond motifs is 2. The summed E-state index contributed by atoms with van der Waals surface area (Å²) in [7, 11) is 0. The topological polar surface area (TPSA) is 74.6 Å². The first-order chi connectivity index (χ1) is 11.5. The van der Waals surface area contributed by atoms with Gasteiger partial charge >= 0.3 is 0 Å². The molecule has 0 aliphatic heterocycles. The molecule has 4 nitrogen and oxygen atoms in total. The molecule has 0 spiro atoms. The number of aromatic hydroxyl groups is 1. The Hall–Kier alpha value is -2.46. The maximum absolute atomic E-state index is 12.9. The Bertz CT molecular complexity index is 860. The second kappa shape index (κ2) is 5.28. The molecule has 0 radical (unpaired) electrons. The molecule has 2 aromatic carbocycles. The van der Waals surface area contributed by atoms with Crippen LogP contribution in [0.4, 0.5) is 0 Å². The van der Waals surface area contributed by atoms with E-state index in [2.05, 4.69) is 0 Å². The van der Waals surface area contributed by atoms with Crippen LogP contribution in [-0.4, -0.2) is 27.4 Å². The number of hydrogen-bond acceptors (Lipinski definition) is 4. The van der Waals surface area contributed by atoms with Crippen molar-refractivity contribution in [3.8, 4) is 5.75 Å². The Morgan fingerprint density at radius 2 is 1.58 bits per heavy atom. The summed E-state index contributed by atoms with van der Waals surface area (Å²) in [5.41, 5.74) is 1.21. The second-order valence-corrected chi connectivity index (χ2v) is 6.71. The summed E-state index contributed by atoms with van der Waals surface area (Å²) in [4.78, 5) is 25.7. The lowest BCUT2D eigenvalue weighted by Crippen LogP contribution is -2.36. The predicted octanol–water partition coefficient (Wildman–Crippen LogP) is 3.02. The molecule has 2 aromatic rings. The third-order valence-electron chi connectivity index (χ3n) is 5.27. The van der Waals surface area contributed by atoms with Crippen LogP contribution < -0.4 is 0 Å². The average molecular weight is 322 g/mol. The largest absolute Gasteiger partial charge is 0.508 e. The van der Waals surface area contributed by atoms with Crippen molar-refractivity contribution >= 4 is 11.6 Å². The Morgan fingerprint density at radius 3 is 2.29 bits per heavy atom. The smallest absolute Gasteiger partial charge is 0.194 e. The number of Topliss-reactive ketones (excluding diaryl/α,β-unsaturated/α-hetero) is 1. The maximum atomic E-state index is 12.9. The Labute approximate surface area is 139 Å². The zero-order chi connectivity index (χ0) is 16.9. The van der Waals surface area contributed by atoms with Crippen LogP contribution in [-0.2, 0) is 6.42 Å². The predicted molar refractivity (Wildman–Crippen MR) is 88.5 cm³/mol. The van der Waals surface area contributed by atoms with Crippen molar-refractivity contribution in [2.75, 3.05) is 0 Å². The Balaban J connectivity index is 1.85. The fourth-order valence-corrected chi connectivity index (χ4v) is 3.94. The van der Waals surface area contributed by atoms with Crippen LogP contribution in [0.15, 0.2) is 36.4 Å². The zero-order valence-electron chi connectivity index (χ0n) is 13.2. The van der Waals surface area contributed by atoms with Gasteiger partial charge in [0.1, 0.15) is 11.4 Å². The van der Waals surface area contributed by atoms with Crippen LogP contribution in [0.25, 0.3) is 0 Å². The molecule has 2 aliphatic rings. The highest BCUT2D eigenvalue weighted by molar-refractivity contribution is 6.15. The van der Waals surface area contributed by atoms with Gasteiger partial charge in [-0.1, -0.05) is 30.3 Å². The lowest BCUT2D eigenvalue weighted by Gasteiger charge is -2.25. The third kappa shape index (κ3) is 2.10. The maximum Gasteiger partial charge on any atom is 0.194 e. The van der Waals surface area contributed by atoms with Gasteiger partial charge in [-0.3, -0.25) is 9.59 Å². The van der Waals surface area contributed by atoms with Gasteiger partial charge in [0.25, 0.3) is 0 Å². The molecular weight excluding hydrogens is 304 g/mol. The lowest BCUT2D eigenvalue weighted by atomic mass is 9.79. The number of benzene rings is 2. The highest BCUT2D eigenvalue weighted by atomic mass is 16.3. The average Bonchev–Trinajstić information content (AvgIpc) is 3.03. The van der Waals surface area contributed by atoms with Crippen LogP contribution in [0.2, 0.25) is 0 Å². The van der Waals surface area contributed by atoms with Gasteiger partial charge in [-0.2, -0.15) is 0 Å². The molecule has 0 bridgehead atoms. The van der Waals surface area contributed by atoms with E-state index in [0.29, 0.717) is 47.1 Å². The van der Waals surface area contributed by atoms with Gasteiger partial charge in [-0.25, -0.2) is 0 Å². The van der Waals surface area contributed by atoms with Crippen molar-refractivity contribution in [1.29, 1.82) is 0 Å². The summed E-state index contributed by atoms with van der Waals surface area (Å²) < 4.78 is 0. The van der Waals surface area contributed by atoms with Crippen LogP contribution in [0.5, 0.6) is 5.75 Å². The molecule has 2 aliphatic carbocycles. The van der Waals surface area contributed by atoms with Crippen LogP contribution in [0.3, 0.4) is 0 Å². The molecule has 122 valence electrons. The van der Waals surface area contributed by atoms with E-state index in [1.807, 2.05) is 0 Å². The second-order valence-electron chi connectivity index (χ2n) is 6.71. The molecule has 0 amide bonds. The molecule has 0 heterocycles. The number of ketones is 2. The fourth-order valence-electron chi connectivity index (χ4n) is 3.94. The van der Waals surface area contributed by atoms with Gasteiger partial charge in [0.2, 0.25) is 0 Å². The Kier molecular flexibility index (Phi) is 3.32. The monoisotopic (exact) mass is 322 g/mol. The molecule has 0 aromatic heterocycles. The summed E-state index contributed by atoms with van der Waals surface area (Å²) >= 11 is 0. The van der Waals surface area contributed by atoms with Crippen molar-refractivity contribution in [1.82, 2.24) is 0 Å². The highest BCUT2D eigenvalue weighted by Gasteiger charge is 2.41. The molecule has 4 rings (SSSR count). The SMILES string of the molecule is O=C1c2cccc(O)c2Cc2c1cccc2C(=O)C1(O)CCCC1. The normalized spacial score (nSPS) is 18.1. The number of rotatable bonds is 2. The van der Waals surface area contributed by atoms with Crippen molar-refractivity contribution < 1.29 is 19.8 Å². The van der Waals surface area contributed by atoms with Crippen LogP contribution in [0, 0.1) is 0 Å². The minimum absolute atomic E-state index is 0.0633. The van der Waals surface area contributed by atoms with E-state index in [1.54, 1.807) is 36.4 Å². The van der Waals surface area contributed by atoms with Crippen molar-refractivity contribution in [3.63, 3.8) is 0 Å². The van der Waals surface area contributed by atoms with Gasteiger partial charge < -0.3 is 10.2 Å². The van der Waals surface area contributed by atoms with Crippen molar-refractivity contribution in [2.45, 2.75) is 37.7 Å². The first kappa shape index (κ1) is 15.1. The van der Waals surface area contributed by atoms with E-state index in [4.69, 9.17) is 0 Å². The molecular formula is C20H18O4. The van der Waals surface area contributed by atoms with Gasteiger partial charge in [0.15, 0.2) is 11.6 Å². The number of phenols is 1. The molecule has 4 heteroatoms. The lowest BCUT2D eigenvalue weighted by molar-refractivity contribution is 0.0352. The van der Waals surface area contributed by atoms with Crippen LogP contribution >= 0.6 is 0 Å². The van der Waals surface area contributed by atoms with E-state index in [1.165, 1.54) is 0 Å². The molecule has 0 atom stereocenters. The molecule has 2 N–H and O–H groups in total. The summed E-state index contributed by atoms with van der Waals surface area (Å²) in [6.07, 6.45) is 2.91. The standard InChI is InChI=1S/C20H18O4/c21-17-8-4-6-13-16(17)11-15-12(18(13)22)5-3-7-14(15)19(23)20(24)9-1-2-10-20/h3-8,21,24H,1-2,9-11H2. The molecule has 0 saturated heterocycles. The zero-order valence-corrected chi connectivity index (χ0v) is 13.2. The van der Waals surface area contributed by atoms with Gasteiger partial charge in [0.05, 0.1) is 0 Å². The van der Waals surface area contributed by atoms with Crippen molar-refractivity contribution in [2.24, 2.45) is 0 Å². The first-order valence-electron chi connectivity index (χ1n) is 8.26. The van der Waals surface area contributed by atoms with Crippen molar-refractivity contribution in [3.05, 3.63) is 64.2 Å². The summed E-state index contributed by atoms with van der Waals surface area (Å²) in [5.74, 6) is -0.424. The molecule has 24 heavy (non-hydrogen) atoms. The van der Waals surface area contributed by atoms with Crippen LogP contribution in [0.1, 0.15) is 63.1 Å². The van der Waals surface area contributed by atoms with Gasteiger partial charge in [0, 0.05) is 28.7 Å². The number of carbonyl (C=O) groups is 2. The minimum atomic E-state index is -1.32. The molecule has 0 unspecified atom stereocenters. The summed E-state index contributed by atoms with van der Waals surface area (Å²) in [6, 6.07) is 9.96. The van der Waals surface area contributed by atoms with E-state index in [0.717, 1.165) is 12.8 Å². The number of phenolic OH excluding ortho intramolecular Hbond substituents is 1. The third-order valence-corrected chi connectivity index (χ3v) is 5.27. The van der Waals surface area contributed by atoms with E-state index in [-0.39, 0.29) is 17.3 Å².